The second-order valence-corrected chi connectivity index (χ2v) is 10.8. The first-order chi connectivity index (χ1) is 31.2. The van der Waals surface area contributed by atoms with E-state index in [1.165, 1.54) is 31.2 Å². The fourth-order valence-electron chi connectivity index (χ4n) is 2.91. The molecular weight excluding hydrogens is 776 g/mol. The van der Waals surface area contributed by atoms with Gasteiger partial charge in [0.25, 0.3) is 0 Å². The van der Waals surface area contributed by atoms with Crippen molar-refractivity contribution in [2.75, 3.05) is 21.3 Å². The zero-order chi connectivity index (χ0) is 52.6. The van der Waals surface area contributed by atoms with E-state index < -0.39 is 78.9 Å². The minimum Gasteiger partial charge on any atom is -0.466 e. The fraction of sp³-hybridized carbons (Fsp3) is 0.467. The lowest BCUT2D eigenvalue weighted by molar-refractivity contribution is -0.148. The number of nitrogens with zero attached hydrogens (tertiary/aromatic N) is 16. The summed E-state index contributed by atoms with van der Waals surface area (Å²) in [5, 5.41) is 26.8. The Balaban J connectivity index is 0.000000460. The minimum atomic E-state index is -3.38. The second kappa shape index (κ2) is 23.3. The van der Waals surface area contributed by atoms with Gasteiger partial charge >= 0.3 is 46.6 Å². The van der Waals surface area contributed by atoms with E-state index >= 15 is 0 Å². The van der Waals surface area contributed by atoms with Gasteiger partial charge < -0.3 is 18.9 Å². The lowest BCUT2D eigenvalue weighted by Gasteiger charge is -2.17. The number of aryl methyl sites for hydroxylation is 3. The Labute approximate surface area is 341 Å². The lowest BCUT2D eigenvalue weighted by atomic mass is 10.2. The first kappa shape index (κ1) is 33.6. The van der Waals surface area contributed by atoms with Crippen molar-refractivity contribution < 1.29 is 51.8 Å². The molecule has 58 heavy (non-hydrogen) atoms. The van der Waals surface area contributed by atoms with Crippen LogP contribution in [0.2, 0.25) is 0 Å². The van der Waals surface area contributed by atoms with E-state index in [9.17, 15) is 38.4 Å². The number of rotatable bonds is 10. The number of ether oxygens (including phenoxy) is 4. The Morgan fingerprint density at radius 1 is 0.621 bits per heavy atom. The summed E-state index contributed by atoms with van der Waals surface area (Å²) in [6, 6.07) is -3.32. The monoisotopic (exact) mass is 830 g/mol. The van der Waals surface area contributed by atoms with Crippen LogP contribution in [-0.4, -0.2) is 130 Å². The van der Waals surface area contributed by atoms with Crippen LogP contribution in [0.4, 0.5) is 0 Å². The standard InChI is InChI=1S/C9H14N4O3.C8H12N4O3.C7H10N4O3.C6H8N4O3/c1-9(2,3)16-7(14)5-6-13-8(15)12(4)10-11-13;1-6(2)12-8(14)11(9-10-12)5-4-7(13)15-3;1-3-10-7(13)11(9-8-10)5-4-6(12)14-2;1-9-6(12)10(8-7-9)4-3-5(11)13-2/h5-6H,1-4H3;4-6H,1-3H3;4-5H,3H2,1-2H3;3-4H,1-2H3/b6-5-;5-4+;5-4-;4-3+/i;1D3,2D3,6D;;1D3. The van der Waals surface area contributed by atoms with E-state index in [1.807, 2.05) is 0 Å². The van der Waals surface area contributed by atoms with Gasteiger partial charge in [0.15, 0.2) is 0 Å². The predicted octanol–water partition coefficient (Wildman–Crippen LogP) is -2.82. The highest BCUT2D eigenvalue weighted by atomic mass is 16.6. The van der Waals surface area contributed by atoms with Crippen LogP contribution >= 0.6 is 0 Å². The van der Waals surface area contributed by atoms with E-state index in [0.717, 1.165) is 65.0 Å². The third kappa shape index (κ3) is 16.4. The van der Waals surface area contributed by atoms with Gasteiger partial charge in [-0.2, -0.15) is 37.5 Å². The van der Waals surface area contributed by atoms with Crippen LogP contribution in [0.25, 0.3) is 24.8 Å². The maximum Gasteiger partial charge on any atom is 0.368 e. The number of tetrazole rings is 4. The SMILES string of the molecule is CCn1nnn(/C=C\C(=O)OC)c1=O.Cn1nnn(/C=C\C(=O)OC(C)(C)C)c1=O.[2H]C([2H])([2H])C([2H])(n1nnn(/C=C/C(=O)OC)c1=O)C([2H])([2H])[2H].[2H]C([2H])([2H])n1nnn(/C=C/C(=O)OC)c1=O. The van der Waals surface area contributed by atoms with Gasteiger partial charge in [0.05, 0.1) is 28.7 Å². The number of carbonyl (C=O) groups excluding carboxylic acids is 4. The van der Waals surface area contributed by atoms with Crippen molar-refractivity contribution in [3.63, 3.8) is 0 Å². The normalized spacial score (nSPS) is 14.6. The molecule has 0 saturated carbocycles. The highest BCUT2D eigenvalue weighted by Gasteiger charge is 2.14. The predicted molar refractivity (Wildman–Crippen MR) is 198 cm³/mol. The van der Waals surface area contributed by atoms with Crippen molar-refractivity contribution in [1.82, 2.24) is 79.2 Å². The molecule has 4 aromatic rings. The molecule has 0 atom stereocenters. The van der Waals surface area contributed by atoms with E-state index in [4.69, 9.17) is 18.4 Å². The molecule has 0 bridgehead atoms. The Kier molecular flexibility index (Phi) is 13.5. The molecular formula is C30H44N16O12. The first-order valence-corrected chi connectivity index (χ1v) is 15.5. The third-order valence-corrected chi connectivity index (χ3v) is 5.54. The molecule has 0 aromatic carbocycles. The molecule has 0 amide bonds. The van der Waals surface area contributed by atoms with Gasteiger partial charge in [-0.15, -0.1) is 0 Å². The summed E-state index contributed by atoms with van der Waals surface area (Å²) in [5.74, 6) is -2.62. The summed E-state index contributed by atoms with van der Waals surface area (Å²) in [6.45, 7) is -1.98. The van der Waals surface area contributed by atoms with Crippen LogP contribution in [0.15, 0.2) is 43.5 Å². The minimum absolute atomic E-state index is 0.0609. The summed E-state index contributed by atoms with van der Waals surface area (Å²) in [4.78, 5) is 89.5. The molecule has 4 aromatic heterocycles. The summed E-state index contributed by atoms with van der Waals surface area (Å²) in [5.41, 5.74) is -3.66. The van der Waals surface area contributed by atoms with Crippen LogP contribution in [0.1, 0.15) is 61.1 Å². The molecule has 0 unspecified atom stereocenters. The van der Waals surface area contributed by atoms with Crippen molar-refractivity contribution in [3.8, 4) is 0 Å². The van der Waals surface area contributed by atoms with Gasteiger partial charge in [-0.1, -0.05) is 0 Å². The summed E-state index contributed by atoms with van der Waals surface area (Å²) in [7, 11) is 4.96. The van der Waals surface area contributed by atoms with Crippen molar-refractivity contribution in [2.45, 2.75) is 59.6 Å². The molecule has 0 radical (unpaired) electrons. The lowest BCUT2D eigenvalue weighted by Crippen LogP contribution is -2.24. The van der Waals surface area contributed by atoms with E-state index in [2.05, 4.69) is 55.9 Å². The Morgan fingerprint density at radius 2 is 1.02 bits per heavy atom. The highest BCUT2D eigenvalue weighted by molar-refractivity contribution is 5.86. The number of esters is 4. The average Bonchev–Trinajstić information content (AvgIpc) is 4.00. The average molecular weight is 831 g/mol. The fourth-order valence-corrected chi connectivity index (χ4v) is 2.91. The molecule has 0 aliphatic rings. The first-order valence-electron chi connectivity index (χ1n) is 20.5. The topological polar surface area (TPSA) is 316 Å². The van der Waals surface area contributed by atoms with Gasteiger partial charge in [0.2, 0.25) is 0 Å². The van der Waals surface area contributed by atoms with Crippen molar-refractivity contribution in [3.05, 3.63) is 66.2 Å². The molecule has 0 saturated heterocycles. The number of hydrogen-bond acceptors (Lipinski definition) is 20. The molecule has 0 N–H and O–H groups in total. The maximum absolute atomic E-state index is 12.0. The Bertz CT molecular complexity index is 2710. The quantitative estimate of drug-likeness (QED) is 0.0883. The van der Waals surface area contributed by atoms with Crippen molar-refractivity contribution in [1.29, 1.82) is 0 Å². The van der Waals surface area contributed by atoms with E-state index in [0.29, 0.717) is 15.9 Å². The second-order valence-electron chi connectivity index (χ2n) is 10.8. The molecule has 0 aliphatic heterocycles. The van der Waals surface area contributed by atoms with Crippen LogP contribution < -0.4 is 22.8 Å². The van der Waals surface area contributed by atoms with Crippen LogP contribution in [-0.2, 0) is 58.7 Å². The van der Waals surface area contributed by atoms with Crippen LogP contribution in [0.5, 0.6) is 0 Å². The zero-order valence-corrected chi connectivity index (χ0v) is 31.9. The van der Waals surface area contributed by atoms with E-state index in [-0.39, 0.29) is 9.36 Å². The molecule has 28 heteroatoms. The van der Waals surface area contributed by atoms with Gasteiger partial charge in [0.1, 0.15) is 5.60 Å². The molecule has 0 aliphatic carbocycles. The van der Waals surface area contributed by atoms with Crippen molar-refractivity contribution in [2.24, 2.45) is 14.0 Å². The molecule has 316 valence electrons. The number of methoxy groups -OCH3 is 3. The highest BCUT2D eigenvalue weighted by Crippen LogP contribution is 2.07. The Morgan fingerprint density at radius 3 is 1.38 bits per heavy atom. The van der Waals surface area contributed by atoms with Gasteiger partial charge in [-0.25, -0.2) is 38.4 Å². The summed E-state index contributed by atoms with van der Waals surface area (Å²) in [6.07, 6.45) is 8.10. The number of aromatic nitrogens is 16. The summed E-state index contributed by atoms with van der Waals surface area (Å²) < 4.78 is 95.3. The largest absolute Gasteiger partial charge is 0.466 e. The smallest absolute Gasteiger partial charge is 0.368 e. The zero-order valence-electron chi connectivity index (χ0n) is 41.9. The number of carbonyl (C=O) groups is 4. The third-order valence-electron chi connectivity index (χ3n) is 5.54. The molecule has 4 rings (SSSR count). The van der Waals surface area contributed by atoms with Gasteiger partial charge in [-0.3, -0.25) is 0 Å². The van der Waals surface area contributed by atoms with Gasteiger partial charge in [0, 0.05) is 82.0 Å². The maximum atomic E-state index is 12.0. The van der Waals surface area contributed by atoms with Crippen LogP contribution in [0, 0.1) is 0 Å². The Hall–Kier alpha value is -7.68. The van der Waals surface area contributed by atoms with Gasteiger partial charge in [-0.05, 0) is 83.1 Å². The summed E-state index contributed by atoms with van der Waals surface area (Å²) >= 11 is 0. The van der Waals surface area contributed by atoms with Crippen molar-refractivity contribution >= 4 is 48.7 Å². The molecule has 0 fully saturated rings. The molecule has 4 heterocycles. The molecule has 0 spiro atoms. The van der Waals surface area contributed by atoms with E-state index in [1.54, 1.807) is 27.7 Å². The molecule has 28 nitrogen and oxygen atoms in total. The van der Waals surface area contributed by atoms with Crippen LogP contribution in [0.3, 0.4) is 0 Å². The number of hydrogen-bond donors (Lipinski definition) is 0.